The average molecular weight is 177 g/mol. The second kappa shape index (κ2) is 3.48. The third-order valence-electron chi connectivity index (χ3n) is 2.40. The van der Waals surface area contributed by atoms with E-state index in [4.69, 9.17) is 4.74 Å². The van der Waals surface area contributed by atoms with Crippen LogP contribution in [0.25, 0.3) is 0 Å². The third-order valence-corrected chi connectivity index (χ3v) is 2.40. The fourth-order valence-corrected chi connectivity index (χ4v) is 1.42. The molecule has 0 amide bonds. The van der Waals surface area contributed by atoms with Crippen LogP contribution in [0, 0.1) is 0 Å². The maximum atomic E-state index is 5.16. The Morgan fingerprint density at radius 1 is 1.31 bits per heavy atom. The molecular weight excluding hydrogens is 162 g/mol. The minimum atomic E-state index is 0.204. The van der Waals surface area contributed by atoms with E-state index >= 15 is 0 Å². The summed E-state index contributed by atoms with van der Waals surface area (Å²) in [6, 6.07) is 10.4. The van der Waals surface area contributed by atoms with Crippen molar-refractivity contribution in [3.05, 3.63) is 35.9 Å². The van der Waals surface area contributed by atoms with Gasteiger partial charge in [-0.2, -0.15) is 0 Å². The molecule has 0 unspecified atom stereocenters. The molecule has 0 aliphatic carbocycles. The maximum Gasteiger partial charge on any atom is 0.0669 e. The van der Waals surface area contributed by atoms with Gasteiger partial charge in [0.1, 0.15) is 0 Å². The molecule has 1 aliphatic rings. The molecule has 1 aliphatic heterocycles. The lowest BCUT2D eigenvalue weighted by atomic mass is 10.0. The van der Waals surface area contributed by atoms with Crippen LogP contribution in [0.1, 0.15) is 12.5 Å². The van der Waals surface area contributed by atoms with Gasteiger partial charge in [-0.25, -0.2) is 0 Å². The van der Waals surface area contributed by atoms with Crippen LogP contribution in [0.15, 0.2) is 30.3 Å². The van der Waals surface area contributed by atoms with Gasteiger partial charge in [0.05, 0.1) is 18.8 Å². The monoisotopic (exact) mass is 177 g/mol. The van der Waals surface area contributed by atoms with Crippen LogP contribution in [-0.2, 0) is 11.3 Å². The van der Waals surface area contributed by atoms with E-state index in [1.165, 1.54) is 5.56 Å². The topological polar surface area (TPSA) is 21.3 Å². The molecule has 1 aromatic carbocycles. The van der Waals surface area contributed by atoms with Crippen molar-refractivity contribution in [3.63, 3.8) is 0 Å². The number of ether oxygens (including phenoxy) is 1. The summed E-state index contributed by atoms with van der Waals surface area (Å²) in [5, 5.41) is 3.49. The molecule has 70 valence electrons. The van der Waals surface area contributed by atoms with Crippen molar-refractivity contribution in [1.82, 2.24) is 5.32 Å². The van der Waals surface area contributed by atoms with Crippen molar-refractivity contribution in [1.29, 1.82) is 0 Å². The number of benzene rings is 1. The van der Waals surface area contributed by atoms with Crippen LogP contribution in [0.4, 0.5) is 0 Å². The van der Waals surface area contributed by atoms with Gasteiger partial charge >= 0.3 is 0 Å². The smallest absolute Gasteiger partial charge is 0.0669 e. The zero-order chi connectivity index (χ0) is 9.15. The van der Waals surface area contributed by atoms with Gasteiger partial charge in [0, 0.05) is 6.54 Å². The minimum Gasteiger partial charge on any atom is -0.377 e. The highest BCUT2D eigenvalue weighted by atomic mass is 16.5. The normalized spacial score (nSPS) is 19.5. The van der Waals surface area contributed by atoms with Crippen molar-refractivity contribution >= 4 is 0 Å². The molecule has 1 saturated heterocycles. The lowest BCUT2D eigenvalue weighted by Gasteiger charge is -2.39. The van der Waals surface area contributed by atoms with Gasteiger partial charge in [-0.1, -0.05) is 30.3 Å². The Hall–Kier alpha value is -0.860. The average Bonchev–Trinajstić information content (AvgIpc) is 2.13. The van der Waals surface area contributed by atoms with E-state index < -0.39 is 0 Å². The predicted molar refractivity (Wildman–Crippen MR) is 52.5 cm³/mol. The lowest BCUT2D eigenvalue weighted by molar-refractivity contribution is -0.0649. The molecule has 1 aromatic rings. The molecule has 0 atom stereocenters. The molecule has 1 heterocycles. The maximum absolute atomic E-state index is 5.16. The summed E-state index contributed by atoms with van der Waals surface area (Å²) in [5.41, 5.74) is 1.53. The number of hydrogen-bond acceptors (Lipinski definition) is 2. The van der Waals surface area contributed by atoms with Gasteiger partial charge in [0.2, 0.25) is 0 Å². The first kappa shape index (κ1) is 8.73. The highest BCUT2D eigenvalue weighted by Gasteiger charge is 2.32. The first-order chi connectivity index (χ1) is 6.29. The fourth-order valence-electron chi connectivity index (χ4n) is 1.42. The first-order valence-corrected chi connectivity index (χ1v) is 4.65. The van der Waals surface area contributed by atoms with E-state index in [0.717, 1.165) is 19.8 Å². The Kier molecular flexibility index (Phi) is 2.34. The van der Waals surface area contributed by atoms with E-state index in [9.17, 15) is 0 Å². The highest BCUT2D eigenvalue weighted by molar-refractivity contribution is 5.14. The van der Waals surface area contributed by atoms with Crippen LogP contribution < -0.4 is 5.32 Å². The van der Waals surface area contributed by atoms with Gasteiger partial charge in [-0.05, 0) is 12.5 Å². The van der Waals surface area contributed by atoms with Gasteiger partial charge < -0.3 is 10.1 Å². The zero-order valence-electron chi connectivity index (χ0n) is 7.92. The Morgan fingerprint density at radius 2 is 2.00 bits per heavy atom. The van der Waals surface area contributed by atoms with Crippen LogP contribution >= 0.6 is 0 Å². The standard InChI is InChI=1S/C11H15NO/c1-11(8-13-9-11)12-7-10-5-3-2-4-6-10/h2-6,12H,7-9H2,1H3. The fraction of sp³-hybridized carbons (Fsp3) is 0.455. The van der Waals surface area contributed by atoms with Crippen LogP contribution in [0.3, 0.4) is 0 Å². The molecule has 0 spiro atoms. The summed E-state index contributed by atoms with van der Waals surface area (Å²) < 4.78 is 5.16. The van der Waals surface area contributed by atoms with Gasteiger partial charge in [-0.3, -0.25) is 0 Å². The van der Waals surface area contributed by atoms with Crippen molar-refractivity contribution in [3.8, 4) is 0 Å². The number of rotatable bonds is 3. The van der Waals surface area contributed by atoms with E-state index in [1.54, 1.807) is 0 Å². The number of nitrogens with one attached hydrogen (secondary N) is 1. The molecule has 2 rings (SSSR count). The first-order valence-electron chi connectivity index (χ1n) is 4.65. The molecule has 1 N–H and O–H groups in total. The van der Waals surface area contributed by atoms with Crippen molar-refractivity contribution in [2.24, 2.45) is 0 Å². The molecular formula is C11H15NO. The molecule has 2 heteroatoms. The second-order valence-electron chi connectivity index (χ2n) is 3.89. The molecule has 2 nitrogen and oxygen atoms in total. The predicted octanol–water partition coefficient (Wildman–Crippen LogP) is 1.57. The zero-order valence-corrected chi connectivity index (χ0v) is 7.92. The summed E-state index contributed by atoms with van der Waals surface area (Å²) in [5.74, 6) is 0. The van der Waals surface area contributed by atoms with E-state index in [0.29, 0.717) is 0 Å². The van der Waals surface area contributed by atoms with E-state index in [2.05, 4.69) is 36.5 Å². The third kappa shape index (κ3) is 2.08. The molecule has 1 fully saturated rings. The molecule has 0 bridgehead atoms. The molecule has 0 radical (unpaired) electrons. The lowest BCUT2D eigenvalue weighted by Crippen LogP contribution is -2.57. The molecule has 0 saturated carbocycles. The largest absolute Gasteiger partial charge is 0.377 e. The SMILES string of the molecule is CC1(NCc2ccccc2)COC1. The number of hydrogen-bond donors (Lipinski definition) is 1. The van der Waals surface area contributed by atoms with Crippen LogP contribution in [0.5, 0.6) is 0 Å². The van der Waals surface area contributed by atoms with Crippen molar-refractivity contribution in [2.45, 2.75) is 19.0 Å². The van der Waals surface area contributed by atoms with Crippen LogP contribution in [-0.4, -0.2) is 18.8 Å². The van der Waals surface area contributed by atoms with Gasteiger partial charge in [0.15, 0.2) is 0 Å². The quantitative estimate of drug-likeness (QED) is 0.756. The van der Waals surface area contributed by atoms with Crippen molar-refractivity contribution < 1.29 is 4.74 Å². The second-order valence-corrected chi connectivity index (χ2v) is 3.89. The Labute approximate surface area is 78.9 Å². The summed E-state index contributed by atoms with van der Waals surface area (Å²) >= 11 is 0. The van der Waals surface area contributed by atoms with E-state index in [1.807, 2.05) is 6.07 Å². The Morgan fingerprint density at radius 3 is 2.54 bits per heavy atom. The summed E-state index contributed by atoms with van der Waals surface area (Å²) in [4.78, 5) is 0. The summed E-state index contributed by atoms with van der Waals surface area (Å²) in [7, 11) is 0. The van der Waals surface area contributed by atoms with Crippen LogP contribution in [0.2, 0.25) is 0 Å². The Balaban J connectivity index is 1.86. The van der Waals surface area contributed by atoms with Gasteiger partial charge in [0.25, 0.3) is 0 Å². The van der Waals surface area contributed by atoms with Crippen molar-refractivity contribution in [2.75, 3.05) is 13.2 Å². The summed E-state index contributed by atoms with van der Waals surface area (Å²) in [6.07, 6.45) is 0. The minimum absolute atomic E-state index is 0.204. The Bertz CT molecular complexity index is 267. The summed E-state index contributed by atoms with van der Waals surface area (Å²) in [6.45, 7) is 4.79. The van der Waals surface area contributed by atoms with Gasteiger partial charge in [-0.15, -0.1) is 0 Å². The van der Waals surface area contributed by atoms with E-state index in [-0.39, 0.29) is 5.54 Å². The molecule has 13 heavy (non-hydrogen) atoms. The molecule has 0 aromatic heterocycles. The highest BCUT2D eigenvalue weighted by Crippen LogP contribution is 2.16.